The number of nitro benzene ring substituents is 2. The Bertz CT molecular complexity index is 654. The molecule has 1 aromatic carbocycles. The minimum absolute atomic E-state index is 0.184. The standard InChI is InChI=1S/C9H5N5O5S/c15-8(11-9-12-10-4-20-9)5-1-6(13(16)17)3-7(2-5)14(18)19/h1-4H,(H,11,12,15). The number of carbonyl (C=O) groups is 1. The Morgan fingerprint density at radius 1 is 1.15 bits per heavy atom. The van der Waals surface area contributed by atoms with Crippen LogP contribution >= 0.6 is 11.3 Å². The molecule has 0 unspecified atom stereocenters. The molecule has 1 aromatic heterocycles. The maximum atomic E-state index is 11.8. The minimum Gasteiger partial charge on any atom is -0.296 e. The van der Waals surface area contributed by atoms with E-state index in [9.17, 15) is 25.0 Å². The van der Waals surface area contributed by atoms with Gasteiger partial charge in [0.05, 0.1) is 21.5 Å². The predicted molar refractivity (Wildman–Crippen MR) is 67.6 cm³/mol. The average molecular weight is 295 g/mol. The molecule has 0 bridgehead atoms. The Kier molecular flexibility index (Phi) is 3.61. The van der Waals surface area contributed by atoms with Crippen LogP contribution in [0.1, 0.15) is 10.4 Å². The lowest BCUT2D eigenvalue weighted by atomic mass is 10.1. The van der Waals surface area contributed by atoms with E-state index in [1.807, 2.05) is 0 Å². The Balaban J connectivity index is 2.37. The van der Waals surface area contributed by atoms with Crippen LogP contribution in [0.2, 0.25) is 0 Å². The molecule has 10 nitrogen and oxygen atoms in total. The average Bonchev–Trinajstić information content (AvgIpc) is 2.90. The number of nitro groups is 2. The molecule has 0 saturated heterocycles. The number of aromatic nitrogens is 2. The molecule has 1 N–H and O–H groups in total. The van der Waals surface area contributed by atoms with Gasteiger partial charge in [0, 0.05) is 12.1 Å². The number of nitrogens with zero attached hydrogens (tertiary/aromatic N) is 4. The first kappa shape index (κ1) is 13.5. The SMILES string of the molecule is O=C(Nc1nncs1)c1cc([N+](=O)[O-])cc([N+](=O)[O-])c1. The third-order valence-electron chi connectivity index (χ3n) is 2.17. The van der Waals surface area contributed by atoms with Gasteiger partial charge in [-0.15, -0.1) is 10.2 Å². The Hall–Kier alpha value is -2.95. The van der Waals surface area contributed by atoms with Gasteiger partial charge in [0.25, 0.3) is 17.3 Å². The van der Waals surface area contributed by atoms with Crippen molar-refractivity contribution in [1.29, 1.82) is 0 Å². The summed E-state index contributed by atoms with van der Waals surface area (Å²) in [6.45, 7) is 0. The number of hydrogen-bond donors (Lipinski definition) is 1. The summed E-state index contributed by atoms with van der Waals surface area (Å²) in [6.07, 6.45) is 0. The third-order valence-corrected chi connectivity index (χ3v) is 2.77. The van der Waals surface area contributed by atoms with Crippen molar-refractivity contribution in [2.75, 3.05) is 5.32 Å². The van der Waals surface area contributed by atoms with Crippen LogP contribution in [0.25, 0.3) is 0 Å². The fourth-order valence-corrected chi connectivity index (χ4v) is 1.77. The summed E-state index contributed by atoms with van der Waals surface area (Å²) in [5.74, 6) is -0.742. The second-order valence-electron chi connectivity index (χ2n) is 3.45. The zero-order chi connectivity index (χ0) is 14.7. The fraction of sp³-hybridized carbons (Fsp3) is 0. The molecule has 2 aromatic rings. The first-order chi connectivity index (χ1) is 9.47. The number of nitrogens with one attached hydrogen (secondary N) is 1. The highest BCUT2D eigenvalue weighted by Gasteiger charge is 2.20. The first-order valence-corrected chi connectivity index (χ1v) is 5.86. The van der Waals surface area contributed by atoms with Gasteiger partial charge in [0.2, 0.25) is 5.13 Å². The highest BCUT2D eigenvalue weighted by atomic mass is 32.1. The van der Waals surface area contributed by atoms with Crippen LogP contribution in [0.3, 0.4) is 0 Å². The maximum absolute atomic E-state index is 11.8. The summed E-state index contributed by atoms with van der Waals surface area (Å²) >= 11 is 1.05. The number of carbonyl (C=O) groups excluding carboxylic acids is 1. The van der Waals surface area contributed by atoms with E-state index in [-0.39, 0.29) is 10.7 Å². The van der Waals surface area contributed by atoms with Gasteiger partial charge >= 0.3 is 0 Å². The molecule has 0 aliphatic heterocycles. The van der Waals surface area contributed by atoms with Crippen LogP contribution in [-0.2, 0) is 0 Å². The smallest absolute Gasteiger partial charge is 0.277 e. The molecule has 0 radical (unpaired) electrons. The van der Waals surface area contributed by atoms with Gasteiger partial charge in [-0.25, -0.2) is 0 Å². The molecule has 0 aliphatic rings. The molecule has 1 amide bonds. The summed E-state index contributed by atoms with van der Waals surface area (Å²) < 4.78 is 0. The monoisotopic (exact) mass is 295 g/mol. The van der Waals surface area contributed by atoms with Crippen molar-refractivity contribution in [1.82, 2.24) is 10.2 Å². The number of benzene rings is 1. The largest absolute Gasteiger partial charge is 0.296 e. The van der Waals surface area contributed by atoms with Gasteiger partial charge < -0.3 is 0 Å². The summed E-state index contributed by atoms with van der Waals surface area (Å²) in [5, 5.41) is 31.0. The van der Waals surface area contributed by atoms with Gasteiger partial charge in [-0.05, 0) is 0 Å². The highest BCUT2D eigenvalue weighted by Crippen LogP contribution is 2.23. The first-order valence-electron chi connectivity index (χ1n) is 4.99. The van der Waals surface area contributed by atoms with E-state index in [0.29, 0.717) is 0 Å². The zero-order valence-corrected chi connectivity index (χ0v) is 10.4. The number of amides is 1. The van der Waals surface area contributed by atoms with Crippen LogP contribution in [0.5, 0.6) is 0 Å². The number of non-ortho nitro benzene ring substituents is 2. The van der Waals surface area contributed by atoms with Gasteiger partial charge in [-0.2, -0.15) is 0 Å². The lowest BCUT2D eigenvalue weighted by Gasteiger charge is -2.01. The van der Waals surface area contributed by atoms with E-state index >= 15 is 0 Å². The van der Waals surface area contributed by atoms with Crippen molar-refractivity contribution in [2.45, 2.75) is 0 Å². The van der Waals surface area contributed by atoms with E-state index < -0.39 is 27.1 Å². The second-order valence-corrected chi connectivity index (χ2v) is 4.28. The molecule has 0 atom stereocenters. The molecule has 11 heteroatoms. The molecule has 2 rings (SSSR count). The van der Waals surface area contributed by atoms with Crippen molar-refractivity contribution >= 4 is 33.8 Å². The van der Waals surface area contributed by atoms with Crippen LogP contribution < -0.4 is 5.32 Å². The predicted octanol–water partition coefficient (Wildman–Crippen LogP) is 1.61. The summed E-state index contributed by atoms with van der Waals surface area (Å²) in [5.41, 5.74) is 0.0928. The molecular formula is C9H5N5O5S. The van der Waals surface area contributed by atoms with Gasteiger partial charge in [-0.3, -0.25) is 30.3 Å². The van der Waals surface area contributed by atoms with Crippen molar-refractivity contribution in [3.8, 4) is 0 Å². The van der Waals surface area contributed by atoms with Crippen LogP contribution in [0, 0.1) is 20.2 Å². The topological polar surface area (TPSA) is 141 Å². The minimum atomic E-state index is -0.811. The van der Waals surface area contributed by atoms with Crippen LogP contribution in [-0.4, -0.2) is 26.0 Å². The number of anilines is 1. The fourth-order valence-electron chi connectivity index (χ4n) is 1.33. The quantitative estimate of drug-likeness (QED) is 0.666. The van der Waals surface area contributed by atoms with E-state index in [1.54, 1.807) is 0 Å². The van der Waals surface area contributed by atoms with Crippen molar-refractivity contribution in [3.63, 3.8) is 0 Å². The molecule has 102 valence electrons. The highest BCUT2D eigenvalue weighted by molar-refractivity contribution is 7.13. The van der Waals surface area contributed by atoms with Gasteiger partial charge in [-0.1, -0.05) is 11.3 Å². The van der Waals surface area contributed by atoms with Crippen molar-refractivity contribution in [2.24, 2.45) is 0 Å². The number of rotatable bonds is 4. The van der Waals surface area contributed by atoms with E-state index in [4.69, 9.17) is 0 Å². The maximum Gasteiger partial charge on any atom is 0.277 e. The Morgan fingerprint density at radius 3 is 2.20 bits per heavy atom. The second kappa shape index (κ2) is 5.36. The molecule has 0 fully saturated rings. The van der Waals surface area contributed by atoms with Crippen LogP contribution in [0.4, 0.5) is 16.5 Å². The molecule has 1 heterocycles. The Labute approximate surface area is 114 Å². The van der Waals surface area contributed by atoms with E-state index in [0.717, 1.165) is 29.5 Å². The van der Waals surface area contributed by atoms with E-state index in [1.165, 1.54) is 5.51 Å². The normalized spacial score (nSPS) is 10.0. The molecule has 20 heavy (non-hydrogen) atoms. The summed E-state index contributed by atoms with van der Waals surface area (Å²) in [7, 11) is 0. The molecular weight excluding hydrogens is 290 g/mol. The lowest BCUT2D eigenvalue weighted by molar-refractivity contribution is -0.394. The Morgan fingerprint density at radius 2 is 1.75 bits per heavy atom. The molecule has 0 aliphatic carbocycles. The van der Waals surface area contributed by atoms with Crippen molar-refractivity contribution < 1.29 is 14.6 Å². The lowest BCUT2D eigenvalue weighted by Crippen LogP contribution is -2.12. The third kappa shape index (κ3) is 2.89. The zero-order valence-electron chi connectivity index (χ0n) is 9.55. The van der Waals surface area contributed by atoms with Crippen molar-refractivity contribution in [3.05, 3.63) is 49.5 Å². The van der Waals surface area contributed by atoms with Gasteiger partial charge in [0.1, 0.15) is 5.51 Å². The summed E-state index contributed by atoms with van der Waals surface area (Å²) in [4.78, 5) is 31.6. The molecule has 0 saturated carbocycles. The summed E-state index contributed by atoms with van der Waals surface area (Å²) in [6, 6.07) is 2.68. The van der Waals surface area contributed by atoms with Gasteiger partial charge in [0.15, 0.2) is 0 Å². The van der Waals surface area contributed by atoms with Crippen LogP contribution in [0.15, 0.2) is 23.7 Å². The number of hydrogen-bond acceptors (Lipinski definition) is 8. The molecule has 0 spiro atoms. The van der Waals surface area contributed by atoms with E-state index in [2.05, 4.69) is 15.5 Å².